The summed E-state index contributed by atoms with van der Waals surface area (Å²) in [6.07, 6.45) is 2.55. The molecular formula is C14H21BrN2O. The molecule has 2 N–H and O–H groups in total. The van der Waals surface area contributed by atoms with Crippen LogP contribution >= 0.6 is 15.9 Å². The normalized spacial score (nSPS) is 24.3. The summed E-state index contributed by atoms with van der Waals surface area (Å²) in [4.78, 5) is 2.44. The van der Waals surface area contributed by atoms with E-state index in [0.29, 0.717) is 12.1 Å². The fraction of sp³-hybridized carbons (Fsp3) is 0.571. The molecule has 2 atom stereocenters. The van der Waals surface area contributed by atoms with Crippen molar-refractivity contribution in [2.75, 3.05) is 24.3 Å². The van der Waals surface area contributed by atoms with Crippen LogP contribution in [0.4, 0.5) is 11.4 Å². The van der Waals surface area contributed by atoms with Crippen molar-refractivity contribution < 1.29 is 4.74 Å². The van der Waals surface area contributed by atoms with Gasteiger partial charge in [0, 0.05) is 29.9 Å². The molecule has 1 aliphatic heterocycles. The number of hydrogen-bond donors (Lipinski definition) is 1. The molecule has 1 saturated heterocycles. The molecule has 0 amide bonds. The van der Waals surface area contributed by atoms with Gasteiger partial charge < -0.3 is 15.4 Å². The lowest BCUT2D eigenvalue weighted by molar-refractivity contribution is 0.0721. The summed E-state index contributed by atoms with van der Waals surface area (Å²) in [6, 6.07) is 4.66. The fourth-order valence-corrected chi connectivity index (χ4v) is 3.19. The topological polar surface area (TPSA) is 38.5 Å². The van der Waals surface area contributed by atoms with Crippen molar-refractivity contribution in [1.29, 1.82) is 0 Å². The van der Waals surface area contributed by atoms with E-state index in [0.717, 1.165) is 35.1 Å². The number of nitrogen functional groups attached to an aromatic ring is 1. The Balaban J connectivity index is 2.24. The van der Waals surface area contributed by atoms with E-state index in [1.54, 1.807) is 7.11 Å². The van der Waals surface area contributed by atoms with E-state index in [-0.39, 0.29) is 0 Å². The van der Waals surface area contributed by atoms with Crippen LogP contribution in [-0.2, 0) is 4.74 Å². The molecule has 18 heavy (non-hydrogen) atoms. The minimum atomic E-state index is 0.393. The van der Waals surface area contributed by atoms with Gasteiger partial charge in [-0.25, -0.2) is 0 Å². The summed E-state index contributed by atoms with van der Waals surface area (Å²) in [5.74, 6) is 0. The predicted molar refractivity (Wildman–Crippen MR) is 80.1 cm³/mol. The highest BCUT2D eigenvalue weighted by Crippen LogP contribution is 2.34. The molecule has 1 aromatic rings. The van der Waals surface area contributed by atoms with Crippen LogP contribution in [0.1, 0.15) is 25.3 Å². The first-order valence-corrected chi connectivity index (χ1v) is 7.17. The first-order valence-electron chi connectivity index (χ1n) is 6.38. The summed E-state index contributed by atoms with van der Waals surface area (Å²) in [5.41, 5.74) is 9.14. The lowest BCUT2D eigenvalue weighted by Gasteiger charge is -2.39. The molecule has 3 nitrogen and oxygen atoms in total. The van der Waals surface area contributed by atoms with Gasteiger partial charge in [0.05, 0.1) is 11.8 Å². The van der Waals surface area contributed by atoms with E-state index >= 15 is 0 Å². The molecule has 0 spiro atoms. The van der Waals surface area contributed by atoms with Crippen LogP contribution in [-0.4, -0.2) is 25.8 Å². The lowest BCUT2D eigenvalue weighted by atomic mass is 9.99. The number of halogens is 1. The summed E-state index contributed by atoms with van der Waals surface area (Å²) in [5, 5.41) is 0. The molecule has 0 aliphatic carbocycles. The Hall–Kier alpha value is -0.740. The zero-order chi connectivity index (χ0) is 13.3. The van der Waals surface area contributed by atoms with Gasteiger partial charge in [-0.3, -0.25) is 0 Å². The minimum Gasteiger partial charge on any atom is -0.398 e. The molecular weight excluding hydrogens is 292 g/mol. The van der Waals surface area contributed by atoms with Gasteiger partial charge in [0.2, 0.25) is 0 Å². The number of piperidine rings is 1. The maximum atomic E-state index is 5.93. The minimum absolute atomic E-state index is 0.393. The van der Waals surface area contributed by atoms with E-state index in [1.165, 1.54) is 5.69 Å². The Morgan fingerprint density at radius 3 is 2.78 bits per heavy atom. The Morgan fingerprint density at radius 1 is 1.44 bits per heavy atom. The smallest absolute Gasteiger partial charge is 0.0607 e. The van der Waals surface area contributed by atoms with Crippen LogP contribution < -0.4 is 10.6 Å². The van der Waals surface area contributed by atoms with Crippen LogP contribution in [0.25, 0.3) is 0 Å². The summed E-state index contributed by atoms with van der Waals surface area (Å²) in [7, 11) is 1.80. The quantitative estimate of drug-likeness (QED) is 0.851. The second-order valence-electron chi connectivity index (χ2n) is 5.08. The molecule has 0 saturated carbocycles. The zero-order valence-electron chi connectivity index (χ0n) is 11.2. The number of nitrogens with zero attached hydrogens (tertiary/aromatic N) is 1. The van der Waals surface area contributed by atoms with Crippen LogP contribution in [0, 0.1) is 6.92 Å². The number of ether oxygens (including phenoxy) is 1. The van der Waals surface area contributed by atoms with Gasteiger partial charge in [-0.1, -0.05) is 0 Å². The molecule has 1 heterocycles. The Kier molecular flexibility index (Phi) is 4.17. The van der Waals surface area contributed by atoms with Crippen LogP contribution in [0.15, 0.2) is 16.6 Å². The average molecular weight is 313 g/mol. The molecule has 4 heteroatoms. The number of aryl methyl sites for hydroxylation is 1. The molecule has 2 rings (SSSR count). The van der Waals surface area contributed by atoms with Gasteiger partial charge in [-0.2, -0.15) is 0 Å². The number of rotatable bonds is 2. The first-order chi connectivity index (χ1) is 8.52. The highest BCUT2D eigenvalue weighted by atomic mass is 79.9. The molecule has 0 aromatic heterocycles. The van der Waals surface area contributed by atoms with E-state index < -0.39 is 0 Å². The molecule has 1 aromatic carbocycles. The Bertz CT molecular complexity index is 436. The van der Waals surface area contributed by atoms with E-state index in [2.05, 4.69) is 40.7 Å². The summed E-state index contributed by atoms with van der Waals surface area (Å²) >= 11 is 3.62. The molecule has 100 valence electrons. The van der Waals surface area contributed by atoms with Crippen molar-refractivity contribution in [3.05, 3.63) is 22.2 Å². The summed E-state index contributed by atoms with van der Waals surface area (Å²) in [6.45, 7) is 5.34. The van der Waals surface area contributed by atoms with Crippen molar-refractivity contribution in [3.8, 4) is 0 Å². The number of methoxy groups -OCH3 is 1. The van der Waals surface area contributed by atoms with Gasteiger partial charge >= 0.3 is 0 Å². The van der Waals surface area contributed by atoms with Gasteiger partial charge in [0.25, 0.3) is 0 Å². The summed E-state index contributed by atoms with van der Waals surface area (Å²) < 4.78 is 6.54. The molecule has 2 unspecified atom stereocenters. The predicted octanol–water partition coefficient (Wildman–Crippen LogP) is 3.34. The van der Waals surface area contributed by atoms with Gasteiger partial charge in [0.15, 0.2) is 0 Å². The van der Waals surface area contributed by atoms with Crippen LogP contribution in [0.5, 0.6) is 0 Å². The maximum Gasteiger partial charge on any atom is 0.0607 e. The van der Waals surface area contributed by atoms with E-state index in [9.17, 15) is 0 Å². The second kappa shape index (κ2) is 5.49. The van der Waals surface area contributed by atoms with Crippen molar-refractivity contribution in [1.82, 2.24) is 0 Å². The SMILES string of the molecule is COC1CCN(c2cc(C)c(N)cc2Br)C(C)C1. The lowest BCUT2D eigenvalue weighted by Crippen LogP contribution is -2.43. The average Bonchev–Trinajstić information content (AvgIpc) is 2.34. The third-order valence-electron chi connectivity index (χ3n) is 3.81. The third kappa shape index (κ3) is 2.64. The Labute approximate surface area is 117 Å². The number of hydrogen-bond acceptors (Lipinski definition) is 3. The van der Waals surface area contributed by atoms with Crippen molar-refractivity contribution in [2.24, 2.45) is 0 Å². The highest BCUT2D eigenvalue weighted by Gasteiger charge is 2.26. The fourth-order valence-electron chi connectivity index (χ4n) is 2.60. The van der Waals surface area contributed by atoms with Crippen molar-refractivity contribution >= 4 is 27.3 Å². The zero-order valence-corrected chi connectivity index (χ0v) is 12.8. The monoisotopic (exact) mass is 312 g/mol. The number of nitrogens with two attached hydrogens (primary N) is 1. The maximum absolute atomic E-state index is 5.93. The largest absolute Gasteiger partial charge is 0.398 e. The number of anilines is 2. The van der Waals surface area contributed by atoms with Gasteiger partial charge in [0.1, 0.15) is 0 Å². The highest BCUT2D eigenvalue weighted by molar-refractivity contribution is 9.10. The number of benzene rings is 1. The first kappa shape index (κ1) is 13.7. The molecule has 1 fully saturated rings. The molecule has 0 radical (unpaired) electrons. The van der Waals surface area contributed by atoms with E-state index in [1.807, 2.05) is 6.07 Å². The Morgan fingerprint density at radius 2 is 2.17 bits per heavy atom. The van der Waals surface area contributed by atoms with E-state index in [4.69, 9.17) is 10.5 Å². The van der Waals surface area contributed by atoms with Gasteiger partial charge in [-0.15, -0.1) is 0 Å². The van der Waals surface area contributed by atoms with Crippen molar-refractivity contribution in [2.45, 2.75) is 38.8 Å². The van der Waals surface area contributed by atoms with Crippen LogP contribution in [0.3, 0.4) is 0 Å². The van der Waals surface area contributed by atoms with Crippen molar-refractivity contribution in [3.63, 3.8) is 0 Å². The van der Waals surface area contributed by atoms with Crippen LogP contribution in [0.2, 0.25) is 0 Å². The third-order valence-corrected chi connectivity index (χ3v) is 4.44. The molecule has 1 aliphatic rings. The second-order valence-corrected chi connectivity index (χ2v) is 5.94. The standard InChI is InChI=1S/C14H21BrN2O/c1-9-6-14(12(15)8-13(9)16)17-5-4-11(18-3)7-10(17)2/h6,8,10-11H,4-5,7,16H2,1-3H3. The molecule has 0 bridgehead atoms. The van der Waals surface area contributed by atoms with Gasteiger partial charge in [-0.05, 0) is 60.3 Å².